The van der Waals surface area contributed by atoms with Crippen LogP contribution in [-0.4, -0.2) is 36.7 Å². The Labute approximate surface area is 62.2 Å². The average Bonchev–Trinajstić information content (AvgIpc) is 2.27. The van der Waals surface area contributed by atoms with Crippen LogP contribution in [0, 0.1) is 0 Å². The Morgan fingerprint density at radius 1 is 1.50 bits per heavy atom. The molecule has 0 unspecified atom stereocenters. The van der Waals surface area contributed by atoms with Gasteiger partial charge in [0.25, 0.3) is 0 Å². The summed E-state index contributed by atoms with van der Waals surface area (Å²) >= 11 is 0. The molecule has 0 aromatic rings. The predicted molar refractivity (Wildman–Crippen MR) is 40.0 cm³/mol. The number of likely N-dealkylation sites (tertiary alicyclic amines) is 1. The topological polar surface area (TPSA) is 12.5 Å². The summed E-state index contributed by atoms with van der Waals surface area (Å²) in [6.07, 6.45) is 2.73. The van der Waals surface area contributed by atoms with E-state index in [9.17, 15) is 0 Å². The molecule has 2 heteroatoms. The summed E-state index contributed by atoms with van der Waals surface area (Å²) < 4.78 is 5.25. The normalized spacial score (nSPS) is 30.9. The van der Waals surface area contributed by atoms with Gasteiger partial charge in [-0.25, -0.2) is 0 Å². The Bertz CT molecular complexity index is 131. The first kappa shape index (κ1) is 6.62. The molecule has 2 aliphatic heterocycles. The zero-order chi connectivity index (χ0) is 7.03. The van der Waals surface area contributed by atoms with Crippen molar-refractivity contribution in [1.29, 1.82) is 0 Å². The van der Waals surface area contributed by atoms with E-state index >= 15 is 0 Å². The molecule has 0 bridgehead atoms. The molecule has 2 aliphatic rings. The van der Waals surface area contributed by atoms with Crippen LogP contribution in [0.25, 0.3) is 0 Å². The molecule has 2 heterocycles. The first-order chi connectivity index (χ1) is 4.87. The van der Waals surface area contributed by atoms with Gasteiger partial charge >= 0.3 is 0 Å². The summed E-state index contributed by atoms with van der Waals surface area (Å²) in [7, 11) is 0. The number of hydrogen-bond acceptors (Lipinski definition) is 2. The molecule has 0 aliphatic carbocycles. The molecule has 2 nitrogen and oxygen atoms in total. The highest BCUT2D eigenvalue weighted by molar-refractivity contribution is 5.00. The highest BCUT2D eigenvalue weighted by atomic mass is 16.5. The second-order valence-electron chi connectivity index (χ2n) is 3.40. The molecule has 0 amide bonds. The number of ether oxygens (including phenoxy) is 1. The van der Waals surface area contributed by atoms with Crippen LogP contribution in [0.3, 0.4) is 0 Å². The third-order valence-corrected chi connectivity index (χ3v) is 2.86. The molecular formula is C8H15NO. The predicted octanol–water partition coefficient (Wildman–Crippen LogP) is 0.871. The Hall–Kier alpha value is -0.0800. The van der Waals surface area contributed by atoms with Crippen LogP contribution in [0.4, 0.5) is 0 Å². The van der Waals surface area contributed by atoms with Crippen LogP contribution in [0.15, 0.2) is 0 Å². The van der Waals surface area contributed by atoms with Crippen molar-refractivity contribution in [2.45, 2.75) is 25.3 Å². The van der Waals surface area contributed by atoms with Crippen LogP contribution in [0.2, 0.25) is 0 Å². The minimum absolute atomic E-state index is 0.495. The van der Waals surface area contributed by atoms with Crippen molar-refractivity contribution in [2.75, 3.05) is 26.3 Å². The van der Waals surface area contributed by atoms with Gasteiger partial charge in [0.05, 0.1) is 18.8 Å². The molecule has 58 valence electrons. The molecular weight excluding hydrogens is 126 g/mol. The van der Waals surface area contributed by atoms with Crippen molar-refractivity contribution in [3.05, 3.63) is 0 Å². The zero-order valence-corrected chi connectivity index (χ0v) is 6.60. The maximum absolute atomic E-state index is 5.25. The quantitative estimate of drug-likeness (QED) is 0.537. The van der Waals surface area contributed by atoms with E-state index in [0.717, 1.165) is 13.2 Å². The minimum atomic E-state index is 0.495. The zero-order valence-electron chi connectivity index (χ0n) is 6.60. The van der Waals surface area contributed by atoms with Gasteiger partial charge in [-0.15, -0.1) is 0 Å². The molecule has 0 saturated carbocycles. The van der Waals surface area contributed by atoms with E-state index in [1.165, 1.54) is 25.9 Å². The van der Waals surface area contributed by atoms with Gasteiger partial charge in [-0.3, -0.25) is 4.90 Å². The van der Waals surface area contributed by atoms with Gasteiger partial charge in [0.15, 0.2) is 0 Å². The number of likely N-dealkylation sites (N-methyl/N-ethyl adjacent to an activating group) is 1. The minimum Gasteiger partial charge on any atom is -0.377 e. The SMILES string of the molecule is CCN1CCCC12COC2. The highest BCUT2D eigenvalue weighted by Gasteiger charge is 2.46. The first-order valence-corrected chi connectivity index (χ1v) is 4.20. The molecule has 2 fully saturated rings. The number of rotatable bonds is 1. The molecule has 2 saturated heterocycles. The van der Waals surface area contributed by atoms with Crippen molar-refractivity contribution in [3.63, 3.8) is 0 Å². The van der Waals surface area contributed by atoms with Crippen molar-refractivity contribution < 1.29 is 4.74 Å². The summed E-state index contributed by atoms with van der Waals surface area (Å²) in [5.74, 6) is 0. The fraction of sp³-hybridized carbons (Fsp3) is 1.00. The van der Waals surface area contributed by atoms with E-state index in [-0.39, 0.29) is 0 Å². The standard InChI is InChI=1S/C8H15NO/c1-2-9-5-3-4-8(9)6-10-7-8/h2-7H2,1H3. The Morgan fingerprint density at radius 2 is 2.30 bits per heavy atom. The van der Waals surface area contributed by atoms with Gasteiger partial charge in [-0.1, -0.05) is 6.92 Å². The van der Waals surface area contributed by atoms with Crippen molar-refractivity contribution in [2.24, 2.45) is 0 Å². The summed E-state index contributed by atoms with van der Waals surface area (Å²) in [5.41, 5.74) is 0.495. The van der Waals surface area contributed by atoms with Crippen LogP contribution in [-0.2, 0) is 4.74 Å². The summed E-state index contributed by atoms with van der Waals surface area (Å²) in [4.78, 5) is 2.57. The Morgan fingerprint density at radius 3 is 2.70 bits per heavy atom. The lowest BCUT2D eigenvalue weighted by molar-refractivity contribution is -0.121. The van der Waals surface area contributed by atoms with E-state index < -0.39 is 0 Å². The van der Waals surface area contributed by atoms with Crippen LogP contribution in [0.5, 0.6) is 0 Å². The lowest BCUT2D eigenvalue weighted by Crippen LogP contribution is -2.58. The Balaban J connectivity index is 2.05. The summed E-state index contributed by atoms with van der Waals surface area (Å²) in [5, 5.41) is 0. The van der Waals surface area contributed by atoms with Crippen molar-refractivity contribution in [1.82, 2.24) is 4.90 Å². The maximum atomic E-state index is 5.25. The van der Waals surface area contributed by atoms with Crippen LogP contribution < -0.4 is 0 Å². The fourth-order valence-electron chi connectivity index (χ4n) is 2.15. The number of hydrogen-bond donors (Lipinski definition) is 0. The maximum Gasteiger partial charge on any atom is 0.0678 e. The third-order valence-electron chi connectivity index (χ3n) is 2.86. The summed E-state index contributed by atoms with van der Waals surface area (Å²) in [6.45, 7) is 6.70. The molecule has 0 aromatic heterocycles. The lowest BCUT2D eigenvalue weighted by atomic mass is 9.94. The van der Waals surface area contributed by atoms with Crippen LogP contribution >= 0.6 is 0 Å². The first-order valence-electron chi connectivity index (χ1n) is 4.20. The second kappa shape index (κ2) is 2.21. The average molecular weight is 141 g/mol. The van der Waals surface area contributed by atoms with Gasteiger partial charge in [-0.2, -0.15) is 0 Å². The Kier molecular flexibility index (Phi) is 1.46. The van der Waals surface area contributed by atoms with Gasteiger partial charge in [0, 0.05) is 0 Å². The van der Waals surface area contributed by atoms with E-state index in [0.29, 0.717) is 5.54 Å². The largest absolute Gasteiger partial charge is 0.377 e. The molecule has 0 aromatic carbocycles. The molecule has 2 rings (SSSR count). The van der Waals surface area contributed by atoms with Crippen molar-refractivity contribution in [3.8, 4) is 0 Å². The van der Waals surface area contributed by atoms with E-state index in [1.807, 2.05) is 0 Å². The van der Waals surface area contributed by atoms with E-state index in [4.69, 9.17) is 4.74 Å². The third kappa shape index (κ3) is 0.722. The lowest BCUT2D eigenvalue weighted by Gasteiger charge is -2.44. The van der Waals surface area contributed by atoms with E-state index in [1.54, 1.807) is 0 Å². The van der Waals surface area contributed by atoms with E-state index in [2.05, 4.69) is 11.8 Å². The molecule has 1 spiro atoms. The molecule has 0 atom stereocenters. The van der Waals surface area contributed by atoms with Gasteiger partial charge in [0.1, 0.15) is 0 Å². The molecule has 0 radical (unpaired) electrons. The van der Waals surface area contributed by atoms with Gasteiger partial charge in [0.2, 0.25) is 0 Å². The van der Waals surface area contributed by atoms with Crippen LogP contribution in [0.1, 0.15) is 19.8 Å². The smallest absolute Gasteiger partial charge is 0.0678 e. The van der Waals surface area contributed by atoms with Gasteiger partial charge < -0.3 is 4.74 Å². The molecule has 0 N–H and O–H groups in total. The number of nitrogens with zero attached hydrogens (tertiary/aromatic N) is 1. The highest BCUT2D eigenvalue weighted by Crippen LogP contribution is 2.35. The molecule has 10 heavy (non-hydrogen) atoms. The second-order valence-corrected chi connectivity index (χ2v) is 3.40. The fourth-order valence-corrected chi connectivity index (χ4v) is 2.15. The van der Waals surface area contributed by atoms with Gasteiger partial charge in [-0.05, 0) is 25.9 Å². The monoisotopic (exact) mass is 141 g/mol. The van der Waals surface area contributed by atoms with Crippen molar-refractivity contribution >= 4 is 0 Å². The summed E-state index contributed by atoms with van der Waals surface area (Å²) in [6, 6.07) is 0.